The van der Waals surface area contributed by atoms with Gasteiger partial charge in [-0.05, 0) is 35.9 Å². The van der Waals surface area contributed by atoms with Gasteiger partial charge in [0.1, 0.15) is 0 Å². The minimum absolute atomic E-state index is 0.00177. The van der Waals surface area contributed by atoms with Crippen LogP contribution in [0.2, 0.25) is 0 Å². The molecule has 0 spiro atoms. The summed E-state index contributed by atoms with van der Waals surface area (Å²) in [5.41, 5.74) is 1.16. The smallest absolute Gasteiger partial charge is 0.395 e. The molecule has 3 rings (SSSR count). The Kier molecular flexibility index (Phi) is 8.48. The molecule has 0 unspecified atom stereocenters. The Morgan fingerprint density at radius 1 is 0.943 bits per heavy atom. The van der Waals surface area contributed by atoms with Gasteiger partial charge in [-0.15, -0.1) is 0 Å². The lowest BCUT2D eigenvalue weighted by Gasteiger charge is -2.09. The SMILES string of the molecule is O=C(Cc1ccccc1)Nc1ccc(S(=O)(=O)NC(=O)c2ccc(OC(=O)NCCO)nc2)cc1. The van der Waals surface area contributed by atoms with Crippen LogP contribution in [0.4, 0.5) is 10.5 Å². The number of carbonyl (C=O) groups excluding carboxylic acids is 3. The number of ether oxygens (including phenoxy) is 1. The summed E-state index contributed by atoms with van der Waals surface area (Å²) in [7, 11) is -4.20. The number of amides is 3. The predicted octanol–water partition coefficient (Wildman–Crippen LogP) is 1.46. The third kappa shape index (κ3) is 7.62. The van der Waals surface area contributed by atoms with Gasteiger partial charge in [0.05, 0.1) is 23.5 Å². The topological polar surface area (TPSA) is 164 Å². The van der Waals surface area contributed by atoms with Crippen molar-refractivity contribution in [1.82, 2.24) is 15.0 Å². The average Bonchev–Trinajstić information content (AvgIpc) is 2.84. The second-order valence-corrected chi connectivity index (χ2v) is 8.78. The highest BCUT2D eigenvalue weighted by Gasteiger charge is 2.19. The molecule has 0 aliphatic rings. The van der Waals surface area contributed by atoms with Crippen molar-refractivity contribution in [2.75, 3.05) is 18.5 Å². The average molecular weight is 499 g/mol. The fourth-order valence-electron chi connectivity index (χ4n) is 2.81. The molecule has 4 N–H and O–H groups in total. The maximum absolute atomic E-state index is 12.6. The van der Waals surface area contributed by atoms with Gasteiger partial charge < -0.3 is 20.5 Å². The van der Waals surface area contributed by atoms with Crippen molar-refractivity contribution in [3.05, 3.63) is 84.1 Å². The Hall–Kier alpha value is -4.29. The number of aromatic nitrogens is 1. The van der Waals surface area contributed by atoms with Gasteiger partial charge in [0.25, 0.3) is 15.9 Å². The Bertz CT molecular complexity index is 1280. The highest BCUT2D eigenvalue weighted by Crippen LogP contribution is 2.16. The third-order valence-corrected chi connectivity index (χ3v) is 5.81. The van der Waals surface area contributed by atoms with Gasteiger partial charge in [0.15, 0.2) is 0 Å². The molecule has 0 radical (unpaired) electrons. The first kappa shape index (κ1) is 25.3. The van der Waals surface area contributed by atoms with Crippen molar-refractivity contribution in [2.24, 2.45) is 0 Å². The Labute approximate surface area is 201 Å². The van der Waals surface area contributed by atoms with Gasteiger partial charge >= 0.3 is 6.09 Å². The zero-order valence-corrected chi connectivity index (χ0v) is 19.1. The standard InChI is InChI=1S/C23H22N4O7S/c28-13-12-24-23(31)34-21-11-6-17(15-25-21)22(30)27-35(32,33)19-9-7-18(8-10-19)26-20(29)14-16-4-2-1-3-5-16/h1-11,15,28H,12-14H2,(H,24,31)(H,26,29)(H,27,30). The molecule has 11 nitrogen and oxygen atoms in total. The van der Waals surface area contributed by atoms with Crippen LogP contribution in [0.3, 0.4) is 0 Å². The van der Waals surface area contributed by atoms with Crippen LogP contribution in [0.1, 0.15) is 15.9 Å². The summed E-state index contributed by atoms with van der Waals surface area (Å²) in [5.74, 6) is -1.32. The van der Waals surface area contributed by atoms with Crippen molar-refractivity contribution in [3.8, 4) is 5.88 Å². The molecule has 0 saturated carbocycles. The largest absolute Gasteiger partial charge is 0.414 e. The van der Waals surface area contributed by atoms with Gasteiger partial charge in [-0.1, -0.05) is 30.3 Å². The number of aliphatic hydroxyl groups excluding tert-OH is 1. The van der Waals surface area contributed by atoms with Gasteiger partial charge in [0, 0.05) is 24.5 Å². The van der Waals surface area contributed by atoms with Crippen LogP contribution in [0.15, 0.2) is 77.8 Å². The van der Waals surface area contributed by atoms with Gasteiger partial charge in [-0.2, -0.15) is 0 Å². The van der Waals surface area contributed by atoms with E-state index < -0.39 is 22.0 Å². The fraction of sp³-hybridized carbons (Fsp3) is 0.130. The van der Waals surface area contributed by atoms with Crippen LogP contribution in [0.25, 0.3) is 0 Å². The molecule has 0 atom stereocenters. The highest BCUT2D eigenvalue weighted by atomic mass is 32.2. The summed E-state index contributed by atoms with van der Waals surface area (Å²) in [5, 5.41) is 13.6. The third-order valence-electron chi connectivity index (χ3n) is 4.46. The molecule has 0 saturated heterocycles. The maximum atomic E-state index is 12.6. The first-order valence-corrected chi connectivity index (χ1v) is 11.8. The lowest BCUT2D eigenvalue weighted by Crippen LogP contribution is -2.31. The molecule has 3 amide bonds. The number of benzene rings is 2. The van der Waals surface area contributed by atoms with Crippen molar-refractivity contribution in [2.45, 2.75) is 11.3 Å². The van der Waals surface area contributed by atoms with Gasteiger partial charge in [-0.3, -0.25) is 9.59 Å². The molecule has 0 aliphatic heterocycles. The van der Waals surface area contributed by atoms with E-state index in [9.17, 15) is 22.8 Å². The summed E-state index contributed by atoms with van der Waals surface area (Å²) in [6, 6.07) is 16.9. The first-order chi connectivity index (χ1) is 16.8. The number of rotatable bonds is 9. The second kappa shape index (κ2) is 11.7. The summed E-state index contributed by atoms with van der Waals surface area (Å²) in [6.07, 6.45) is 0.374. The number of hydrogen-bond acceptors (Lipinski definition) is 8. The molecule has 182 valence electrons. The van der Waals surface area contributed by atoms with Crippen molar-refractivity contribution in [3.63, 3.8) is 0 Å². The van der Waals surface area contributed by atoms with E-state index in [2.05, 4.69) is 15.6 Å². The molecular weight excluding hydrogens is 476 g/mol. The van der Waals surface area contributed by atoms with Gasteiger partial charge in [0.2, 0.25) is 11.8 Å². The van der Waals surface area contributed by atoms with E-state index >= 15 is 0 Å². The van der Waals surface area contributed by atoms with E-state index in [-0.39, 0.29) is 41.8 Å². The van der Waals surface area contributed by atoms with E-state index in [0.29, 0.717) is 5.69 Å². The number of pyridine rings is 1. The zero-order chi connectivity index (χ0) is 25.3. The van der Waals surface area contributed by atoms with E-state index in [4.69, 9.17) is 9.84 Å². The first-order valence-electron chi connectivity index (χ1n) is 10.3. The van der Waals surface area contributed by atoms with Crippen molar-refractivity contribution < 1.29 is 32.6 Å². The van der Waals surface area contributed by atoms with Crippen LogP contribution in [-0.2, 0) is 21.2 Å². The Morgan fingerprint density at radius 3 is 2.29 bits per heavy atom. The Balaban J connectivity index is 1.57. The van der Waals surface area contributed by atoms with Crippen molar-refractivity contribution in [1.29, 1.82) is 0 Å². The molecule has 0 fully saturated rings. The maximum Gasteiger partial charge on any atom is 0.414 e. The quantitative estimate of drug-likeness (QED) is 0.344. The van der Waals surface area contributed by atoms with E-state index in [1.165, 1.54) is 36.4 Å². The van der Waals surface area contributed by atoms with Crippen LogP contribution >= 0.6 is 0 Å². The molecule has 12 heteroatoms. The molecule has 35 heavy (non-hydrogen) atoms. The lowest BCUT2D eigenvalue weighted by molar-refractivity contribution is -0.115. The monoisotopic (exact) mass is 498 g/mol. The number of carbonyl (C=O) groups is 3. The summed E-state index contributed by atoms with van der Waals surface area (Å²) in [4.78, 5) is 39.6. The number of nitrogens with zero attached hydrogens (tertiary/aromatic N) is 1. The van der Waals surface area contributed by atoms with Gasteiger partial charge in [-0.25, -0.2) is 22.9 Å². The number of aliphatic hydroxyl groups is 1. The summed E-state index contributed by atoms with van der Waals surface area (Å²) >= 11 is 0. The van der Waals surface area contributed by atoms with Crippen molar-refractivity contribution >= 4 is 33.6 Å². The molecule has 1 heterocycles. The Morgan fingerprint density at radius 2 is 1.66 bits per heavy atom. The zero-order valence-electron chi connectivity index (χ0n) is 18.3. The minimum atomic E-state index is -4.20. The number of nitrogens with one attached hydrogen (secondary N) is 3. The fourth-order valence-corrected chi connectivity index (χ4v) is 3.78. The van der Waals surface area contributed by atoms with Crippen LogP contribution in [0, 0.1) is 0 Å². The number of sulfonamides is 1. The molecule has 0 aliphatic carbocycles. The number of hydrogen-bond donors (Lipinski definition) is 4. The molecule has 1 aromatic heterocycles. The minimum Gasteiger partial charge on any atom is -0.395 e. The highest BCUT2D eigenvalue weighted by molar-refractivity contribution is 7.90. The molecule has 2 aromatic carbocycles. The van der Waals surface area contributed by atoms with E-state index in [1.807, 2.05) is 35.1 Å². The number of anilines is 1. The molecule has 3 aromatic rings. The summed E-state index contributed by atoms with van der Waals surface area (Å²) in [6.45, 7) is -0.264. The summed E-state index contributed by atoms with van der Waals surface area (Å²) < 4.78 is 31.9. The van der Waals surface area contributed by atoms with E-state index in [1.54, 1.807) is 0 Å². The van der Waals surface area contributed by atoms with Crippen LogP contribution in [-0.4, -0.2) is 49.6 Å². The van der Waals surface area contributed by atoms with E-state index in [0.717, 1.165) is 11.8 Å². The molecular formula is C23H22N4O7S. The predicted molar refractivity (Wildman–Crippen MR) is 125 cm³/mol. The lowest BCUT2D eigenvalue weighted by atomic mass is 10.1. The van der Waals surface area contributed by atoms with Crippen LogP contribution in [0.5, 0.6) is 5.88 Å². The second-order valence-electron chi connectivity index (χ2n) is 7.09. The molecule has 0 bridgehead atoms. The van der Waals surface area contributed by atoms with Crippen LogP contribution < -0.4 is 20.1 Å². The normalized spacial score (nSPS) is 10.8.